The molecule has 0 saturated heterocycles. The third-order valence-corrected chi connectivity index (χ3v) is 2.98. The number of benzene rings is 1. The minimum Gasteiger partial charge on any atom is -0.357 e. The molecule has 0 aliphatic carbocycles. The topological polar surface area (TPSA) is 27.8 Å². The van der Waals surface area contributed by atoms with Crippen molar-refractivity contribution in [2.24, 2.45) is 0 Å². The van der Waals surface area contributed by atoms with Gasteiger partial charge in [0.15, 0.2) is 0 Å². The number of nitrogens with one attached hydrogen (secondary N) is 2. The number of fused-ring (bicyclic) bond motifs is 1. The van der Waals surface area contributed by atoms with Crippen LogP contribution in [0, 0.1) is 13.8 Å². The molecule has 2 N–H and O–H groups in total. The number of rotatable bonds is 3. The molecule has 86 valence electrons. The molecule has 0 saturated carbocycles. The SMILES string of the molecule is Cc1ccc(C)c2[nH]c(CNC(C)C)cc12. The third kappa shape index (κ3) is 2.12. The van der Waals surface area contributed by atoms with Crippen LogP contribution < -0.4 is 5.32 Å². The van der Waals surface area contributed by atoms with E-state index in [-0.39, 0.29) is 0 Å². The van der Waals surface area contributed by atoms with Crippen LogP contribution in [-0.2, 0) is 6.54 Å². The highest BCUT2D eigenvalue weighted by Crippen LogP contribution is 2.22. The quantitative estimate of drug-likeness (QED) is 0.809. The Labute approximate surface area is 97.1 Å². The van der Waals surface area contributed by atoms with Gasteiger partial charge in [-0.15, -0.1) is 0 Å². The number of hydrogen-bond donors (Lipinski definition) is 2. The summed E-state index contributed by atoms with van der Waals surface area (Å²) in [5, 5.41) is 4.78. The van der Waals surface area contributed by atoms with Crippen molar-refractivity contribution in [3.8, 4) is 0 Å². The molecule has 2 aromatic rings. The van der Waals surface area contributed by atoms with Gasteiger partial charge in [0.1, 0.15) is 0 Å². The van der Waals surface area contributed by atoms with Gasteiger partial charge in [-0.05, 0) is 31.0 Å². The predicted molar refractivity (Wildman–Crippen MR) is 69.7 cm³/mol. The van der Waals surface area contributed by atoms with Gasteiger partial charge in [-0.1, -0.05) is 26.0 Å². The van der Waals surface area contributed by atoms with Gasteiger partial charge in [-0.25, -0.2) is 0 Å². The fourth-order valence-electron chi connectivity index (χ4n) is 1.96. The third-order valence-electron chi connectivity index (χ3n) is 2.98. The van der Waals surface area contributed by atoms with Crippen molar-refractivity contribution in [3.63, 3.8) is 0 Å². The van der Waals surface area contributed by atoms with E-state index in [0.717, 1.165) is 6.54 Å². The van der Waals surface area contributed by atoms with E-state index in [4.69, 9.17) is 0 Å². The van der Waals surface area contributed by atoms with Crippen molar-refractivity contribution in [2.75, 3.05) is 0 Å². The lowest BCUT2D eigenvalue weighted by atomic mass is 10.1. The number of aryl methyl sites for hydroxylation is 2. The lowest BCUT2D eigenvalue weighted by Gasteiger charge is -2.05. The molecule has 2 nitrogen and oxygen atoms in total. The molecule has 0 fully saturated rings. The van der Waals surface area contributed by atoms with Gasteiger partial charge in [-0.2, -0.15) is 0 Å². The molecule has 1 aromatic heterocycles. The van der Waals surface area contributed by atoms with Crippen LogP contribution in [0.3, 0.4) is 0 Å². The summed E-state index contributed by atoms with van der Waals surface area (Å²) < 4.78 is 0. The second kappa shape index (κ2) is 4.30. The van der Waals surface area contributed by atoms with Crippen LogP contribution in [0.2, 0.25) is 0 Å². The first-order chi connectivity index (χ1) is 7.58. The van der Waals surface area contributed by atoms with Crippen LogP contribution in [0.15, 0.2) is 18.2 Å². The lowest BCUT2D eigenvalue weighted by Crippen LogP contribution is -2.21. The average Bonchev–Trinajstić information content (AvgIpc) is 2.66. The summed E-state index contributed by atoms with van der Waals surface area (Å²) in [5.74, 6) is 0. The summed E-state index contributed by atoms with van der Waals surface area (Å²) in [6.45, 7) is 9.55. The second-order valence-electron chi connectivity index (χ2n) is 4.82. The van der Waals surface area contributed by atoms with E-state index < -0.39 is 0 Å². The maximum absolute atomic E-state index is 3.50. The highest BCUT2D eigenvalue weighted by molar-refractivity contribution is 5.86. The van der Waals surface area contributed by atoms with Gasteiger partial charge in [-0.3, -0.25) is 0 Å². The Balaban J connectivity index is 2.36. The second-order valence-corrected chi connectivity index (χ2v) is 4.82. The molecule has 1 aromatic carbocycles. The van der Waals surface area contributed by atoms with E-state index in [2.05, 4.69) is 56.2 Å². The van der Waals surface area contributed by atoms with E-state index >= 15 is 0 Å². The summed E-state index contributed by atoms with van der Waals surface area (Å²) in [7, 11) is 0. The summed E-state index contributed by atoms with van der Waals surface area (Å²) in [4.78, 5) is 3.50. The van der Waals surface area contributed by atoms with Gasteiger partial charge in [0, 0.05) is 29.2 Å². The molecular weight excluding hydrogens is 196 g/mol. The maximum atomic E-state index is 3.50. The molecule has 0 aliphatic heterocycles. The first kappa shape index (κ1) is 11.2. The Morgan fingerprint density at radius 3 is 2.50 bits per heavy atom. The zero-order valence-electron chi connectivity index (χ0n) is 10.5. The van der Waals surface area contributed by atoms with Crippen molar-refractivity contribution in [2.45, 2.75) is 40.3 Å². The number of aromatic amines is 1. The monoisotopic (exact) mass is 216 g/mol. The molecular formula is C14H20N2. The van der Waals surface area contributed by atoms with E-state index in [1.165, 1.54) is 27.7 Å². The first-order valence-electron chi connectivity index (χ1n) is 5.89. The van der Waals surface area contributed by atoms with Gasteiger partial charge >= 0.3 is 0 Å². The number of hydrogen-bond acceptors (Lipinski definition) is 1. The average molecular weight is 216 g/mol. The molecule has 16 heavy (non-hydrogen) atoms. The summed E-state index contributed by atoms with van der Waals surface area (Å²) >= 11 is 0. The fourth-order valence-corrected chi connectivity index (χ4v) is 1.96. The predicted octanol–water partition coefficient (Wildman–Crippen LogP) is 3.28. The van der Waals surface area contributed by atoms with Crippen molar-refractivity contribution in [3.05, 3.63) is 35.0 Å². The van der Waals surface area contributed by atoms with E-state index in [9.17, 15) is 0 Å². The maximum Gasteiger partial charge on any atom is 0.0488 e. The molecule has 1 heterocycles. The zero-order valence-corrected chi connectivity index (χ0v) is 10.5. The smallest absolute Gasteiger partial charge is 0.0488 e. The normalized spacial score (nSPS) is 11.6. The van der Waals surface area contributed by atoms with Crippen molar-refractivity contribution in [1.29, 1.82) is 0 Å². The van der Waals surface area contributed by atoms with Crippen LogP contribution in [-0.4, -0.2) is 11.0 Å². The molecule has 2 rings (SSSR count). The molecule has 0 radical (unpaired) electrons. The van der Waals surface area contributed by atoms with Gasteiger partial charge < -0.3 is 10.3 Å². The fraction of sp³-hybridized carbons (Fsp3) is 0.429. The lowest BCUT2D eigenvalue weighted by molar-refractivity contribution is 0.583. The van der Waals surface area contributed by atoms with E-state index in [1.807, 2.05) is 0 Å². The minimum absolute atomic E-state index is 0.522. The number of aromatic nitrogens is 1. The van der Waals surface area contributed by atoms with E-state index in [0.29, 0.717) is 6.04 Å². The highest BCUT2D eigenvalue weighted by Gasteiger charge is 2.05. The van der Waals surface area contributed by atoms with Crippen molar-refractivity contribution < 1.29 is 0 Å². The minimum atomic E-state index is 0.522. The van der Waals surface area contributed by atoms with Gasteiger partial charge in [0.2, 0.25) is 0 Å². The molecule has 0 unspecified atom stereocenters. The van der Waals surface area contributed by atoms with E-state index in [1.54, 1.807) is 0 Å². The van der Waals surface area contributed by atoms with Crippen molar-refractivity contribution in [1.82, 2.24) is 10.3 Å². The highest BCUT2D eigenvalue weighted by atomic mass is 14.9. The van der Waals surface area contributed by atoms with Gasteiger partial charge in [0.05, 0.1) is 0 Å². The van der Waals surface area contributed by atoms with Gasteiger partial charge in [0.25, 0.3) is 0 Å². The summed E-state index contributed by atoms with van der Waals surface area (Å²) in [5.41, 5.74) is 5.20. The zero-order chi connectivity index (χ0) is 11.7. The van der Waals surface area contributed by atoms with Crippen LogP contribution in [0.5, 0.6) is 0 Å². The molecule has 2 heteroatoms. The Morgan fingerprint density at radius 1 is 1.19 bits per heavy atom. The summed E-state index contributed by atoms with van der Waals surface area (Å²) in [6.07, 6.45) is 0. The van der Waals surface area contributed by atoms with Crippen LogP contribution in [0.25, 0.3) is 10.9 Å². The standard InChI is InChI=1S/C14H20N2/c1-9(2)15-8-12-7-13-10(3)5-6-11(4)14(13)16-12/h5-7,9,15-16H,8H2,1-4H3. The first-order valence-corrected chi connectivity index (χ1v) is 5.89. The largest absolute Gasteiger partial charge is 0.357 e. The Hall–Kier alpha value is -1.28. The molecule has 0 atom stereocenters. The van der Waals surface area contributed by atoms with Crippen molar-refractivity contribution >= 4 is 10.9 Å². The molecule has 0 bridgehead atoms. The van der Waals surface area contributed by atoms with Crippen LogP contribution in [0.4, 0.5) is 0 Å². The molecule has 0 spiro atoms. The Kier molecular flexibility index (Phi) is 3.01. The summed E-state index contributed by atoms with van der Waals surface area (Å²) in [6, 6.07) is 7.14. The van der Waals surface area contributed by atoms with Crippen LogP contribution in [0.1, 0.15) is 30.7 Å². The molecule has 0 aliphatic rings. The molecule has 0 amide bonds. The number of H-pyrrole nitrogens is 1. The Bertz CT molecular complexity index is 456. The van der Waals surface area contributed by atoms with Crippen LogP contribution >= 0.6 is 0 Å². The Morgan fingerprint density at radius 2 is 1.88 bits per heavy atom.